The maximum Gasteiger partial charge on any atom is 0.509 e. The minimum Gasteiger partial charge on any atom is -0.429 e. The molecule has 2 rings (SSSR count). The number of rotatable bonds is 8. The zero-order valence-electron chi connectivity index (χ0n) is 21.9. The molecule has 2 aromatic rings. The van der Waals surface area contributed by atoms with Crippen molar-refractivity contribution in [3.05, 3.63) is 60.7 Å². The van der Waals surface area contributed by atoms with Gasteiger partial charge in [0, 0.05) is 12.5 Å². The summed E-state index contributed by atoms with van der Waals surface area (Å²) < 4.78 is 18.1. The van der Waals surface area contributed by atoms with Crippen molar-refractivity contribution in [2.24, 2.45) is 11.8 Å². The molecule has 4 nitrogen and oxygen atoms in total. The molecule has 0 aromatic heterocycles. The van der Waals surface area contributed by atoms with Crippen LogP contribution in [0.15, 0.2) is 60.7 Å². The second kappa shape index (κ2) is 11.2. The third-order valence-electron chi connectivity index (χ3n) is 5.92. The van der Waals surface area contributed by atoms with Crippen molar-refractivity contribution in [1.82, 2.24) is 0 Å². The van der Waals surface area contributed by atoms with Crippen molar-refractivity contribution in [3.63, 3.8) is 0 Å². The topological polar surface area (TPSA) is 44.8 Å². The number of hydrogen-bond donors (Lipinski definition) is 0. The predicted molar refractivity (Wildman–Crippen MR) is 142 cm³/mol. The third-order valence-corrected chi connectivity index (χ3v) is 10.9. The van der Waals surface area contributed by atoms with Gasteiger partial charge < -0.3 is 13.9 Å². The molecular formula is C29H40O4Si. The quantitative estimate of drug-likeness (QED) is 0.273. The van der Waals surface area contributed by atoms with Gasteiger partial charge >= 0.3 is 6.16 Å². The van der Waals surface area contributed by atoms with E-state index in [9.17, 15) is 4.79 Å². The average molecular weight is 481 g/mol. The van der Waals surface area contributed by atoms with Crippen molar-refractivity contribution >= 4 is 24.8 Å². The normalized spacial score (nSPS) is 15.0. The SMILES string of the molecule is C#C[C@H](C)[C@H](OC(=O)OC(C)(C)C)[C@H](C)CO[Si](c1ccccc1)(c1ccccc1)C(C)(C)C. The summed E-state index contributed by atoms with van der Waals surface area (Å²) in [7, 11) is -2.70. The Morgan fingerprint density at radius 1 is 0.912 bits per heavy atom. The molecule has 0 saturated carbocycles. The van der Waals surface area contributed by atoms with Crippen LogP contribution in [0.2, 0.25) is 5.04 Å². The molecule has 0 radical (unpaired) electrons. The highest BCUT2D eigenvalue weighted by molar-refractivity contribution is 6.99. The Morgan fingerprint density at radius 2 is 1.38 bits per heavy atom. The van der Waals surface area contributed by atoms with E-state index in [1.165, 1.54) is 10.4 Å². The molecule has 184 valence electrons. The van der Waals surface area contributed by atoms with Crippen LogP contribution in [-0.4, -0.2) is 32.8 Å². The predicted octanol–water partition coefficient (Wildman–Crippen LogP) is 5.79. The molecule has 0 saturated heterocycles. The summed E-state index contributed by atoms with van der Waals surface area (Å²) in [5.74, 6) is 2.30. The number of ether oxygens (including phenoxy) is 2. The Morgan fingerprint density at radius 3 is 1.76 bits per heavy atom. The highest BCUT2D eigenvalue weighted by Gasteiger charge is 2.50. The van der Waals surface area contributed by atoms with Crippen molar-refractivity contribution < 1.29 is 18.7 Å². The first-order chi connectivity index (χ1) is 15.8. The first kappa shape index (κ1) is 27.7. The maximum absolute atomic E-state index is 12.5. The summed E-state index contributed by atoms with van der Waals surface area (Å²) in [6, 6.07) is 20.9. The fourth-order valence-electron chi connectivity index (χ4n) is 4.30. The Labute approximate surface area is 207 Å². The molecule has 0 spiro atoms. The lowest BCUT2D eigenvalue weighted by molar-refractivity contribution is -0.0504. The fourth-order valence-corrected chi connectivity index (χ4v) is 8.97. The van der Waals surface area contributed by atoms with Crippen LogP contribution < -0.4 is 10.4 Å². The van der Waals surface area contributed by atoms with Gasteiger partial charge in [-0.15, -0.1) is 6.42 Å². The van der Waals surface area contributed by atoms with E-state index in [4.69, 9.17) is 20.3 Å². The van der Waals surface area contributed by atoms with Crippen molar-refractivity contribution in [2.45, 2.75) is 72.1 Å². The van der Waals surface area contributed by atoms with Gasteiger partial charge in [-0.3, -0.25) is 0 Å². The number of terminal acetylenes is 1. The molecule has 0 bridgehead atoms. The first-order valence-electron chi connectivity index (χ1n) is 11.9. The standard InChI is InChI=1S/C29H40O4Si/c1-10-22(2)26(32-27(30)33-28(4,5)6)23(3)21-31-34(29(7,8)9,24-17-13-11-14-18-24)25-19-15-12-16-20-25/h1,11-20,22-23,26H,21H2,2-9H3/t22-,23+,26-/m0/s1. The van der Waals surface area contributed by atoms with E-state index < -0.39 is 26.2 Å². The van der Waals surface area contributed by atoms with Gasteiger partial charge in [0.25, 0.3) is 8.32 Å². The van der Waals surface area contributed by atoms with Crippen LogP contribution in [0.1, 0.15) is 55.4 Å². The van der Waals surface area contributed by atoms with Gasteiger partial charge in [-0.05, 0) is 43.1 Å². The lowest BCUT2D eigenvalue weighted by Crippen LogP contribution is -2.67. The van der Waals surface area contributed by atoms with E-state index in [1.807, 2.05) is 46.8 Å². The summed E-state index contributed by atoms with van der Waals surface area (Å²) >= 11 is 0. The van der Waals surface area contributed by atoms with Gasteiger partial charge in [-0.25, -0.2) is 4.79 Å². The van der Waals surface area contributed by atoms with Gasteiger partial charge in [0.2, 0.25) is 0 Å². The zero-order chi connectivity index (χ0) is 25.6. The van der Waals surface area contributed by atoms with Crippen LogP contribution >= 0.6 is 0 Å². The molecule has 0 aliphatic heterocycles. The molecule has 0 N–H and O–H groups in total. The molecule has 2 aromatic carbocycles. The molecule has 3 atom stereocenters. The summed E-state index contributed by atoms with van der Waals surface area (Å²) in [6.45, 7) is 16.4. The lowest BCUT2D eigenvalue weighted by atomic mass is 9.94. The molecule has 0 aliphatic carbocycles. The molecule has 5 heteroatoms. The second-order valence-electron chi connectivity index (χ2n) is 11.0. The molecule has 0 amide bonds. The number of benzene rings is 2. The first-order valence-corrected chi connectivity index (χ1v) is 13.8. The van der Waals surface area contributed by atoms with Gasteiger partial charge in [0.1, 0.15) is 11.7 Å². The number of carbonyl (C=O) groups is 1. The second-order valence-corrected chi connectivity index (χ2v) is 15.3. The third kappa shape index (κ3) is 6.74. The van der Waals surface area contributed by atoms with Crippen LogP contribution in [0, 0.1) is 24.2 Å². The molecule has 0 heterocycles. The highest BCUT2D eigenvalue weighted by atomic mass is 28.4. The van der Waals surface area contributed by atoms with E-state index in [0.29, 0.717) is 6.61 Å². The lowest BCUT2D eigenvalue weighted by Gasteiger charge is -2.44. The molecular weight excluding hydrogens is 440 g/mol. The minimum absolute atomic E-state index is 0.139. The average Bonchev–Trinajstić information content (AvgIpc) is 2.76. The van der Waals surface area contributed by atoms with Gasteiger partial charge in [-0.2, -0.15) is 0 Å². The van der Waals surface area contributed by atoms with E-state index in [0.717, 1.165) is 0 Å². The fraction of sp³-hybridized carbons (Fsp3) is 0.483. The zero-order valence-corrected chi connectivity index (χ0v) is 22.9. The largest absolute Gasteiger partial charge is 0.509 e. The van der Waals surface area contributed by atoms with E-state index in [-0.39, 0.29) is 16.9 Å². The van der Waals surface area contributed by atoms with Crippen LogP contribution in [0.3, 0.4) is 0 Å². The van der Waals surface area contributed by atoms with Crippen LogP contribution in [0.5, 0.6) is 0 Å². The smallest absolute Gasteiger partial charge is 0.429 e. The summed E-state index contributed by atoms with van der Waals surface area (Å²) in [6.07, 6.45) is 4.49. The Balaban J connectivity index is 2.41. The Kier molecular flexibility index (Phi) is 9.16. The van der Waals surface area contributed by atoms with Gasteiger partial charge in [0.05, 0.1) is 5.92 Å². The highest BCUT2D eigenvalue weighted by Crippen LogP contribution is 2.37. The van der Waals surface area contributed by atoms with E-state index >= 15 is 0 Å². The summed E-state index contributed by atoms with van der Waals surface area (Å²) in [5.41, 5.74) is -0.643. The van der Waals surface area contributed by atoms with Crippen LogP contribution in [0.4, 0.5) is 4.79 Å². The monoisotopic (exact) mass is 480 g/mol. The van der Waals surface area contributed by atoms with E-state index in [2.05, 4.69) is 75.2 Å². The number of carbonyl (C=O) groups excluding carboxylic acids is 1. The van der Waals surface area contributed by atoms with Crippen molar-refractivity contribution in [3.8, 4) is 12.3 Å². The molecule has 0 aliphatic rings. The van der Waals surface area contributed by atoms with Crippen LogP contribution in [-0.2, 0) is 13.9 Å². The molecule has 34 heavy (non-hydrogen) atoms. The molecule has 0 fully saturated rings. The summed E-state index contributed by atoms with van der Waals surface area (Å²) in [5, 5.41) is 2.26. The Hall–Kier alpha value is -2.55. The van der Waals surface area contributed by atoms with Crippen molar-refractivity contribution in [1.29, 1.82) is 0 Å². The molecule has 0 unspecified atom stereocenters. The summed E-state index contributed by atoms with van der Waals surface area (Å²) in [4.78, 5) is 12.5. The Bertz CT molecular complexity index is 912. The van der Waals surface area contributed by atoms with E-state index in [1.54, 1.807) is 0 Å². The van der Waals surface area contributed by atoms with Gasteiger partial charge in [0.15, 0.2) is 0 Å². The number of hydrogen-bond acceptors (Lipinski definition) is 4. The van der Waals surface area contributed by atoms with Crippen LogP contribution in [0.25, 0.3) is 0 Å². The minimum atomic E-state index is -2.70. The van der Waals surface area contributed by atoms with Gasteiger partial charge in [-0.1, -0.05) is 94.3 Å². The van der Waals surface area contributed by atoms with Crippen molar-refractivity contribution in [2.75, 3.05) is 6.61 Å². The maximum atomic E-state index is 12.5.